The SMILES string of the molecule is CSCC[C@H](N)C(=O)O.NC(=O)CC[C@@H](N)C(=O)O. The van der Waals surface area contributed by atoms with Crippen LogP contribution in [0.1, 0.15) is 19.3 Å². The van der Waals surface area contributed by atoms with Crippen molar-refractivity contribution in [2.75, 3.05) is 12.0 Å². The van der Waals surface area contributed by atoms with Crippen LogP contribution >= 0.6 is 11.8 Å². The van der Waals surface area contributed by atoms with Gasteiger partial charge in [0, 0.05) is 6.42 Å². The van der Waals surface area contributed by atoms with E-state index in [4.69, 9.17) is 27.4 Å². The fourth-order valence-corrected chi connectivity index (χ4v) is 1.28. The van der Waals surface area contributed by atoms with E-state index < -0.39 is 29.9 Å². The van der Waals surface area contributed by atoms with Crippen LogP contribution in [-0.2, 0) is 14.4 Å². The van der Waals surface area contributed by atoms with E-state index in [2.05, 4.69) is 0 Å². The monoisotopic (exact) mass is 295 g/mol. The number of nitrogens with two attached hydrogens (primary N) is 3. The van der Waals surface area contributed by atoms with Crippen LogP contribution in [0.3, 0.4) is 0 Å². The first-order chi connectivity index (χ1) is 8.72. The zero-order valence-electron chi connectivity index (χ0n) is 10.7. The summed E-state index contributed by atoms with van der Waals surface area (Å²) in [6.45, 7) is 0. The standard InChI is InChI=1S/C5H10N2O3.C5H11NO2S/c6-3(5(9)10)1-2-4(7)8;1-9-3-2-4(6)5(7)8/h3H,1-2,6H2,(H2,7,8)(H,9,10);4H,2-3,6H2,1H3,(H,7,8)/t3-;4-/m10/s1. The number of primary amides is 1. The Hall–Kier alpha value is -1.32. The molecule has 0 rings (SSSR count). The Labute approximate surface area is 115 Å². The minimum Gasteiger partial charge on any atom is -0.480 e. The highest BCUT2D eigenvalue weighted by atomic mass is 32.2. The molecular weight excluding hydrogens is 274 g/mol. The number of amides is 1. The van der Waals surface area contributed by atoms with Crippen LogP contribution < -0.4 is 17.2 Å². The third-order valence-corrected chi connectivity index (χ3v) is 2.61. The first kappa shape index (κ1) is 20.0. The van der Waals surface area contributed by atoms with Gasteiger partial charge < -0.3 is 27.4 Å². The van der Waals surface area contributed by atoms with Gasteiger partial charge in [-0.2, -0.15) is 11.8 Å². The second-order valence-electron chi connectivity index (χ2n) is 3.68. The molecule has 8 nitrogen and oxygen atoms in total. The van der Waals surface area contributed by atoms with Gasteiger partial charge in [-0.3, -0.25) is 14.4 Å². The maximum atomic E-state index is 10.1. The summed E-state index contributed by atoms with van der Waals surface area (Å²) in [6.07, 6.45) is 2.60. The number of aliphatic carboxylic acids is 2. The lowest BCUT2D eigenvalue weighted by Gasteiger charge is -2.02. The molecule has 0 aliphatic rings. The number of carbonyl (C=O) groups excluding carboxylic acids is 1. The first-order valence-electron chi connectivity index (χ1n) is 5.46. The van der Waals surface area contributed by atoms with E-state index in [1.807, 2.05) is 6.26 Å². The molecule has 0 aliphatic carbocycles. The Morgan fingerprint density at radius 1 is 1.05 bits per heavy atom. The van der Waals surface area contributed by atoms with Crippen molar-refractivity contribution in [1.82, 2.24) is 0 Å². The summed E-state index contributed by atoms with van der Waals surface area (Å²) < 4.78 is 0. The van der Waals surface area contributed by atoms with Crippen molar-refractivity contribution in [3.05, 3.63) is 0 Å². The van der Waals surface area contributed by atoms with Crippen LogP contribution in [0, 0.1) is 0 Å². The normalized spacial score (nSPS) is 12.8. The molecule has 0 aromatic carbocycles. The molecule has 0 fully saturated rings. The lowest BCUT2D eigenvalue weighted by molar-refractivity contribution is -0.139. The molecule has 0 aliphatic heterocycles. The summed E-state index contributed by atoms with van der Waals surface area (Å²) in [5, 5.41) is 16.5. The largest absolute Gasteiger partial charge is 0.480 e. The fourth-order valence-electron chi connectivity index (χ4n) is 0.790. The number of carboxylic acids is 2. The Morgan fingerprint density at radius 3 is 1.79 bits per heavy atom. The molecule has 0 radical (unpaired) electrons. The molecule has 8 N–H and O–H groups in total. The molecule has 0 aromatic heterocycles. The van der Waals surface area contributed by atoms with Crippen molar-refractivity contribution >= 4 is 29.6 Å². The molecule has 0 heterocycles. The molecular formula is C10H21N3O5S. The van der Waals surface area contributed by atoms with Crippen LogP contribution in [0.2, 0.25) is 0 Å². The lowest BCUT2D eigenvalue weighted by Crippen LogP contribution is -2.31. The van der Waals surface area contributed by atoms with Gasteiger partial charge in [-0.05, 0) is 24.9 Å². The van der Waals surface area contributed by atoms with E-state index in [0.29, 0.717) is 6.42 Å². The van der Waals surface area contributed by atoms with Crippen molar-refractivity contribution in [3.63, 3.8) is 0 Å². The quantitative estimate of drug-likeness (QED) is 0.372. The highest BCUT2D eigenvalue weighted by Crippen LogP contribution is 1.97. The maximum absolute atomic E-state index is 10.1. The summed E-state index contributed by atoms with van der Waals surface area (Å²) in [5.41, 5.74) is 15.0. The summed E-state index contributed by atoms with van der Waals surface area (Å²) in [6, 6.07) is -1.66. The van der Waals surface area contributed by atoms with Gasteiger partial charge in [0.25, 0.3) is 0 Å². The number of carbonyl (C=O) groups is 3. The Morgan fingerprint density at radius 2 is 1.47 bits per heavy atom. The predicted octanol–water partition coefficient (Wildman–Crippen LogP) is -1.18. The van der Waals surface area contributed by atoms with Crippen LogP contribution in [0.5, 0.6) is 0 Å². The highest BCUT2D eigenvalue weighted by Gasteiger charge is 2.11. The third kappa shape index (κ3) is 14.6. The number of rotatable bonds is 8. The topological polar surface area (TPSA) is 170 Å². The predicted molar refractivity (Wildman–Crippen MR) is 72.6 cm³/mol. The van der Waals surface area contributed by atoms with Gasteiger partial charge in [0.1, 0.15) is 12.1 Å². The zero-order valence-corrected chi connectivity index (χ0v) is 11.6. The second-order valence-corrected chi connectivity index (χ2v) is 4.66. The molecule has 0 aromatic rings. The smallest absolute Gasteiger partial charge is 0.320 e. The number of thioether (sulfide) groups is 1. The minimum atomic E-state index is -1.11. The summed E-state index contributed by atoms with van der Waals surface area (Å²) in [5.74, 6) is -1.74. The molecule has 0 saturated heterocycles. The van der Waals surface area contributed by atoms with E-state index in [0.717, 1.165) is 5.75 Å². The Kier molecular flexibility index (Phi) is 12.4. The molecule has 0 saturated carbocycles. The molecule has 19 heavy (non-hydrogen) atoms. The summed E-state index contributed by atoms with van der Waals surface area (Å²) in [7, 11) is 0. The second kappa shape index (κ2) is 11.8. The average Bonchev–Trinajstić information content (AvgIpc) is 2.33. The molecule has 0 unspecified atom stereocenters. The average molecular weight is 295 g/mol. The van der Waals surface area contributed by atoms with Gasteiger partial charge in [-0.25, -0.2) is 0 Å². The van der Waals surface area contributed by atoms with E-state index in [1.165, 1.54) is 0 Å². The Bertz CT molecular complexity index is 301. The number of hydrogen-bond acceptors (Lipinski definition) is 6. The molecule has 112 valence electrons. The molecule has 0 spiro atoms. The van der Waals surface area contributed by atoms with E-state index in [9.17, 15) is 14.4 Å². The molecule has 1 amide bonds. The minimum absolute atomic E-state index is 0.0213. The summed E-state index contributed by atoms with van der Waals surface area (Å²) in [4.78, 5) is 30.2. The molecule has 0 bridgehead atoms. The van der Waals surface area contributed by atoms with Gasteiger partial charge in [-0.1, -0.05) is 0 Å². The van der Waals surface area contributed by atoms with Gasteiger partial charge in [0.05, 0.1) is 0 Å². The van der Waals surface area contributed by atoms with E-state index in [1.54, 1.807) is 11.8 Å². The summed E-state index contributed by atoms with van der Waals surface area (Å²) >= 11 is 1.60. The van der Waals surface area contributed by atoms with Crippen LogP contribution in [0.4, 0.5) is 0 Å². The first-order valence-corrected chi connectivity index (χ1v) is 6.85. The van der Waals surface area contributed by atoms with E-state index >= 15 is 0 Å². The number of hydrogen-bond donors (Lipinski definition) is 5. The van der Waals surface area contributed by atoms with Crippen molar-refractivity contribution in [2.45, 2.75) is 31.3 Å². The van der Waals surface area contributed by atoms with E-state index in [-0.39, 0.29) is 12.8 Å². The highest BCUT2D eigenvalue weighted by molar-refractivity contribution is 7.98. The fraction of sp³-hybridized carbons (Fsp3) is 0.700. The van der Waals surface area contributed by atoms with Gasteiger partial charge in [-0.15, -0.1) is 0 Å². The van der Waals surface area contributed by atoms with Gasteiger partial charge >= 0.3 is 11.9 Å². The zero-order chi connectivity index (χ0) is 15.4. The van der Waals surface area contributed by atoms with Crippen molar-refractivity contribution < 1.29 is 24.6 Å². The van der Waals surface area contributed by atoms with Crippen LogP contribution in [-0.4, -0.2) is 52.2 Å². The number of carboxylic acid groups (broad SMARTS) is 2. The molecule has 9 heteroatoms. The van der Waals surface area contributed by atoms with Gasteiger partial charge in [0.2, 0.25) is 5.91 Å². The molecule has 2 atom stereocenters. The van der Waals surface area contributed by atoms with Crippen molar-refractivity contribution in [2.24, 2.45) is 17.2 Å². The van der Waals surface area contributed by atoms with Crippen molar-refractivity contribution in [1.29, 1.82) is 0 Å². The van der Waals surface area contributed by atoms with Crippen LogP contribution in [0.25, 0.3) is 0 Å². The van der Waals surface area contributed by atoms with Gasteiger partial charge in [0.15, 0.2) is 0 Å². The van der Waals surface area contributed by atoms with Crippen LogP contribution in [0.15, 0.2) is 0 Å². The maximum Gasteiger partial charge on any atom is 0.320 e. The Balaban J connectivity index is 0. The van der Waals surface area contributed by atoms with Crippen molar-refractivity contribution in [3.8, 4) is 0 Å². The lowest BCUT2D eigenvalue weighted by atomic mass is 10.2. The third-order valence-electron chi connectivity index (χ3n) is 1.97.